The molecular weight excluding hydrogens is 385 g/mol. The van der Waals surface area contributed by atoms with Crippen LogP contribution in [-0.2, 0) is 10.9 Å². The minimum atomic E-state index is -4.71. The van der Waals surface area contributed by atoms with Gasteiger partial charge in [-0.3, -0.25) is 9.78 Å². The van der Waals surface area contributed by atoms with Crippen LogP contribution in [0.15, 0.2) is 30.5 Å². The van der Waals surface area contributed by atoms with Crippen LogP contribution < -0.4 is 4.74 Å². The van der Waals surface area contributed by atoms with Crippen LogP contribution in [0.4, 0.5) is 13.2 Å². The highest BCUT2D eigenvalue weighted by Gasteiger charge is 2.37. The molecule has 29 heavy (non-hydrogen) atoms. The zero-order chi connectivity index (χ0) is 21.0. The summed E-state index contributed by atoms with van der Waals surface area (Å²) in [6, 6.07) is 4.95. The molecular formula is C21H27F3N2O3. The number of pyridine rings is 2. The lowest BCUT2D eigenvalue weighted by molar-refractivity contribution is -0.138. The molecule has 1 atom stereocenters. The molecule has 3 heterocycles. The zero-order valence-electron chi connectivity index (χ0n) is 16.3. The summed E-state index contributed by atoms with van der Waals surface area (Å²) < 4.78 is 51.4. The van der Waals surface area contributed by atoms with E-state index in [4.69, 9.17) is 9.47 Å². The summed E-state index contributed by atoms with van der Waals surface area (Å²) in [5.74, 6) is -0.201. The molecule has 0 aromatic carbocycles. The minimum Gasteiger partial charge on any atom is -0.477 e. The van der Waals surface area contributed by atoms with Gasteiger partial charge >= 0.3 is 6.18 Å². The van der Waals surface area contributed by atoms with Crippen molar-refractivity contribution in [3.8, 4) is 5.88 Å². The van der Waals surface area contributed by atoms with E-state index in [1.165, 1.54) is 18.3 Å². The van der Waals surface area contributed by atoms with Gasteiger partial charge in [-0.25, -0.2) is 4.98 Å². The normalized spacial score (nSPS) is 16.4. The monoisotopic (exact) mass is 412 g/mol. The molecule has 1 aliphatic heterocycles. The second kappa shape index (κ2) is 8.90. The number of hydrogen-bond donors (Lipinski definition) is 0. The maximum Gasteiger partial charge on any atom is 0.418 e. The fourth-order valence-corrected chi connectivity index (χ4v) is 3.41. The lowest BCUT2D eigenvalue weighted by Gasteiger charge is -2.27. The average Bonchev–Trinajstić information content (AvgIpc) is 2.71. The number of halogens is 3. The Morgan fingerprint density at radius 1 is 1.31 bits per heavy atom. The third kappa shape index (κ3) is 5.12. The third-order valence-corrected chi connectivity index (χ3v) is 5.21. The zero-order valence-corrected chi connectivity index (χ0v) is 16.3. The van der Waals surface area contributed by atoms with Crippen molar-refractivity contribution in [2.24, 2.45) is 11.8 Å². The van der Waals surface area contributed by atoms with E-state index in [2.05, 4.69) is 9.97 Å². The number of ether oxygens (including phenoxy) is 2. The lowest BCUT2D eigenvalue weighted by Crippen LogP contribution is -2.26. The standard InChI is InChI=1S/C21H23F3N2O3.2H2/c1-13(15-7-10-28-11-8-15)12-29-18-6-5-17(21(22,23)24)19(26-18)20(27)16-4-3-9-25-14(16)2;;/h3-6,9,13,15H,7-8,10-12H2,1-2H3;2*1H. The summed E-state index contributed by atoms with van der Waals surface area (Å²) in [4.78, 5) is 20.7. The van der Waals surface area contributed by atoms with Gasteiger partial charge in [0, 0.05) is 39.6 Å². The number of aryl methyl sites for hydroxylation is 1. The van der Waals surface area contributed by atoms with Crippen LogP contribution in [0.25, 0.3) is 0 Å². The predicted octanol–water partition coefficient (Wildman–Crippen LogP) is 4.97. The predicted molar refractivity (Wildman–Crippen MR) is 104 cm³/mol. The Hall–Kier alpha value is -2.48. The highest BCUT2D eigenvalue weighted by molar-refractivity contribution is 6.09. The first-order chi connectivity index (χ1) is 13.8. The molecule has 0 N–H and O–H groups in total. The summed E-state index contributed by atoms with van der Waals surface area (Å²) in [7, 11) is 0. The molecule has 0 amide bonds. The van der Waals surface area contributed by atoms with Gasteiger partial charge in [0.1, 0.15) is 5.69 Å². The summed E-state index contributed by atoms with van der Waals surface area (Å²) in [6.45, 7) is 5.32. The van der Waals surface area contributed by atoms with Crippen molar-refractivity contribution in [1.29, 1.82) is 0 Å². The highest BCUT2D eigenvalue weighted by atomic mass is 19.4. The molecule has 2 aromatic heterocycles. The molecule has 0 saturated carbocycles. The number of nitrogens with zero attached hydrogens (tertiary/aromatic N) is 2. The van der Waals surface area contributed by atoms with Crippen LogP contribution in [0.2, 0.25) is 0 Å². The Bertz CT molecular complexity index is 875. The van der Waals surface area contributed by atoms with E-state index >= 15 is 0 Å². The average molecular weight is 412 g/mol. The van der Waals surface area contributed by atoms with Crippen molar-refractivity contribution in [3.63, 3.8) is 0 Å². The third-order valence-electron chi connectivity index (χ3n) is 5.21. The Morgan fingerprint density at radius 3 is 2.69 bits per heavy atom. The molecule has 0 spiro atoms. The first kappa shape index (κ1) is 21.2. The molecule has 0 bridgehead atoms. The molecule has 8 heteroatoms. The molecule has 3 rings (SSSR count). The number of aromatic nitrogens is 2. The molecule has 160 valence electrons. The number of alkyl halides is 3. The van der Waals surface area contributed by atoms with Crippen molar-refractivity contribution < 1.29 is 30.3 Å². The Kier molecular flexibility index (Phi) is 6.52. The van der Waals surface area contributed by atoms with E-state index in [0.717, 1.165) is 25.0 Å². The molecule has 2 aromatic rings. The van der Waals surface area contributed by atoms with Gasteiger partial charge in [0.15, 0.2) is 0 Å². The first-order valence-electron chi connectivity index (χ1n) is 9.52. The van der Waals surface area contributed by atoms with Crippen molar-refractivity contribution in [1.82, 2.24) is 9.97 Å². The van der Waals surface area contributed by atoms with E-state index in [0.29, 0.717) is 31.4 Å². The van der Waals surface area contributed by atoms with Gasteiger partial charge in [-0.05, 0) is 49.8 Å². The first-order valence-corrected chi connectivity index (χ1v) is 9.52. The lowest BCUT2D eigenvalue weighted by atomic mass is 9.88. The summed E-state index contributed by atoms with van der Waals surface area (Å²) >= 11 is 0. The van der Waals surface area contributed by atoms with Crippen molar-refractivity contribution in [2.75, 3.05) is 19.8 Å². The van der Waals surface area contributed by atoms with Crippen LogP contribution in [0.5, 0.6) is 5.88 Å². The van der Waals surface area contributed by atoms with Gasteiger partial charge < -0.3 is 9.47 Å². The van der Waals surface area contributed by atoms with E-state index in [1.807, 2.05) is 6.92 Å². The second-order valence-electron chi connectivity index (χ2n) is 7.25. The second-order valence-corrected chi connectivity index (χ2v) is 7.25. The minimum absolute atomic E-state index is 0. The van der Waals surface area contributed by atoms with Crippen LogP contribution in [0.1, 0.15) is 49.9 Å². The summed E-state index contributed by atoms with van der Waals surface area (Å²) in [5, 5.41) is 0. The molecule has 5 nitrogen and oxygen atoms in total. The van der Waals surface area contributed by atoms with Crippen LogP contribution in [-0.4, -0.2) is 35.6 Å². The molecule has 1 unspecified atom stereocenters. The molecule has 1 saturated heterocycles. The van der Waals surface area contributed by atoms with Crippen molar-refractivity contribution in [2.45, 2.75) is 32.9 Å². The maximum atomic E-state index is 13.5. The summed E-state index contributed by atoms with van der Waals surface area (Å²) in [5.41, 5.74) is -1.34. The topological polar surface area (TPSA) is 61.3 Å². The van der Waals surface area contributed by atoms with Gasteiger partial charge in [0.2, 0.25) is 11.7 Å². The quantitative estimate of drug-likeness (QED) is 0.627. The number of carbonyl (C=O) groups is 1. The Labute approximate surface area is 170 Å². The van der Waals surface area contributed by atoms with Gasteiger partial charge in [-0.1, -0.05) is 6.92 Å². The Morgan fingerprint density at radius 2 is 2.03 bits per heavy atom. The molecule has 1 fully saturated rings. The Balaban J connectivity index is 0.00000240. The maximum absolute atomic E-state index is 13.5. The number of rotatable bonds is 6. The van der Waals surface area contributed by atoms with Crippen molar-refractivity contribution in [3.05, 3.63) is 53.0 Å². The number of hydrogen-bond acceptors (Lipinski definition) is 5. The summed E-state index contributed by atoms with van der Waals surface area (Å²) in [6.07, 6.45) is -1.38. The van der Waals surface area contributed by atoms with Gasteiger partial charge in [-0.15, -0.1) is 0 Å². The van der Waals surface area contributed by atoms with Gasteiger partial charge in [0.05, 0.1) is 12.2 Å². The SMILES string of the molecule is Cc1ncccc1C(=O)c1nc(OCC(C)C2CCOCC2)ccc1C(F)(F)F.[HH].[HH]. The van der Waals surface area contributed by atoms with E-state index < -0.39 is 23.2 Å². The smallest absolute Gasteiger partial charge is 0.418 e. The van der Waals surface area contributed by atoms with Crippen LogP contribution in [0.3, 0.4) is 0 Å². The van der Waals surface area contributed by atoms with E-state index in [9.17, 15) is 18.0 Å². The fourth-order valence-electron chi connectivity index (χ4n) is 3.41. The van der Waals surface area contributed by atoms with E-state index in [-0.39, 0.29) is 20.2 Å². The van der Waals surface area contributed by atoms with Gasteiger partial charge in [0.25, 0.3) is 0 Å². The van der Waals surface area contributed by atoms with Gasteiger partial charge in [-0.2, -0.15) is 13.2 Å². The molecule has 0 radical (unpaired) electrons. The molecule has 1 aliphatic rings. The number of ketones is 1. The van der Waals surface area contributed by atoms with Crippen molar-refractivity contribution >= 4 is 5.78 Å². The number of carbonyl (C=O) groups excluding carboxylic acids is 1. The van der Waals surface area contributed by atoms with Crippen LogP contribution in [0, 0.1) is 18.8 Å². The molecule has 0 aliphatic carbocycles. The largest absolute Gasteiger partial charge is 0.477 e. The van der Waals surface area contributed by atoms with E-state index in [1.54, 1.807) is 6.92 Å². The fraction of sp³-hybridized carbons (Fsp3) is 0.476. The highest BCUT2D eigenvalue weighted by Crippen LogP contribution is 2.34. The van der Waals surface area contributed by atoms with Crippen LogP contribution >= 0.6 is 0 Å².